The summed E-state index contributed by atoms with van der Waals surface area (Å²) in [6, 6.07) is 6.85. The minimum atomic E-state index is -0.306. The average Bonchev–Trinajstić information content (AvgIpc) is 3.09. The molecular weight excluding hydrogens is 331 g/mol. The molecule has 2 aromatic rings. The molecule has 0 radical (unpaired) electrons. The van der Waals surface area contributed by atoms with Crippen molar-refractivity contribution in [2.45, 2.75) is 64.6 Å². The van der Waals surface area contributed by atoms with Crippen molar-refractivity contribution in [1.29, 1.82) is 0 Å². The number of benzene rings is 1. The molecule has 1 amide bonds. The summed E-state index contributed by atoms with van der Waals surface area (Å²) in [5.41, 5.74) is 0.473. The maximum atomic E-state index is 14.0. The van der Waals surface area contributed by atoms with Crippen molar-refractivity contribution in [3.05, 3.63) is 47.3 Å². The number of aromatic nitrogens is 3. The molecule has 2 atom stereocenters. The predicted molar refractivity (Wildman–Crippen MR) is 96.0 cm³/mol. The van der Waals surface area contributed by atoms with Gasteiger partial charge in [0.1, 0.15) is 17.5 Å². The number of rotatable bonds is 4. The molecule has 1 aromatic carbocycles. The highest BCUT2D eigenvalue weighted by molar-refractivity contribution is 5.80. The molecule has 4 rings (SSSR count). The first-order valence-corrected chi connectivity index (χ1v) is 9.48. The van der Waals surface area contributed by atoms with Gasteiger partial charge in [-0.05, 0) is 30.4 Å². The summed E-state index contributed by atoms with van der Waals surface area (Å²) >= 11 is 0. The minimum Gasteiger partial charge on any atom is -0.334 e. The van der Waals surface area contributed by atoms with Gasteiger partial charge >= 0.3 is 0 Å². The standard InChI is InChI=1S/C20H25FN4O/c1-13(2)9-18-22-23-19-11-15-7-8-16(12-24(18)19)25(15)20(26)10-14-5-3-4-6-17(14)21/h3-6,13,15-16H,7-12H2,1-2H3. The van der Waals surface area contributed by atoms with Crippen molar-refractivity contribution in [3.8, 4) is 0 Å². The smallest absolute Gasteiger partial charge is 0.227 e. The van der Waals surface area contributed by atoms with Crippen LogP contribution < -0.4 is 0 Å². The van der Waals surface area contributed by atoms with Crippen LogP contribution >= 0.6 is 0 Å². The molecule has 6 heteroatoms. The Hall–Kier alpha value is -2.24. The second-order valence-electron chi connectivity index (χ2n) is 7.90. The normalized spacial score (nSPS) is 21.8. The van der Waals surface area contributed by atoms with Gasteiger partial charge in [0.25, 0.3) is 0 Å². The van der Waals surface area contributed by atoms with Crippen LogP contribution in [0.5, 0.6) is 0 Å². The van der Waals surface area contributed by atoms with Crippen LogP contribution in [0.1, 0.15) is 43.9 Å². The Morgan fingerprint density at radius 1 is 1.23 bits per heavy atom. The van der Waals surface area contributed by atoms with Gasteiger partial charge in [-0.25, -0.2) is 4.39 Å². The van der Waals surface area contributed by atoms with E-state index in [-0.39, 0.29) is 30.2 Å². The van der Waals surface area contributed by atoms with Gasteiger partial charge in [0, 0.05) is 25.4 Å². The van der Waals surface area contributed by atoms with Gasteiger partial charge in [0.05, 0.1) is 12.5 Å². The van der Waals surface area contributed by atoms with E-state index in [1.807, 2.05) is 4.90 Å². The van der Waals surface area contributed by atoms with Crippen molar-refractivity contribution in [1.82, 2.24) is 19.7 Å². The lowest BCUT2D eigenvalue weighted by Gasteiger charge is -2.28. The highest BCUT2D eigenvalue weighted by Gasteiger charge is 2.41. The zero-order chi connectivity index (χ0) is 18.3. The summed E-state index contributed by atoms with van der Waals surface area (Å²) in [7, 11) is 0. The highest BCUT2D eigenvalue weighted by Crippen LogP contribution is 2.32. The zero-order valence-electron chi connectivity index (χ0n) is 15.4. The lowest BCUT2D eigenvalue weighted by molar-refractivity contribution is -0.133. The van der Waals surface area contributed by atoms with Crippen molar-refractivity contribution in [2.75, 3.05) is 0 Å². The molecule has 0 saturated carbocycles. The third-order valence-electron chi connectivity index (χ3n) is 5.51. The van der Waals surface area contributed by atoms with Crippen LogP contribution in [0.3, 0.4) is 0 Å². The van der Waals surface area contributed by atoms with Crippen LogP contribution in [0.15, 0.2) is 24.3 Å². The second-order valence-corrected chi connectivity index (χ2v) is 7.90. The lowest BCUT2D eigenvalue weighted by atomic mass is 10.1. The van der Waals surface area contributed by atoms with Gasteiger partial charge in [0.15, 0.2) is 0 Å². The van der Waals surface area contributed by atoms with Crippen LogP contribution in [0, 0.1) is 11.7 Å². The van der Waals surface area contributed by atoms with E-state index in [1.54, 1.807) is 18.2 Å². The number of amides is 1. The number of fused-ring (bicyclic) bond motifs is 3. The number of hydrogen-bond acceptors (Lipinski definition) is 3. The lowest BCUT2D eigenvalue weighted by Crippen LogP contribution is -2.43. The number of carbonyl (C=O) groups is 1. The summed E-state index contributed by atoms with van der Waals surface area (Å²) in [6.07, 6.45) is 3.74. The van der Waals surface area contributed by atoms with E-state index in [2.05, 4.69) is 28.6 Å². The van der Waals surface area contributed by atoms with Gasteiger partial charge in [-0.15, -0.1) is 10.2 Å². The molecule has 2 bridgehead atoms. The van der Waals surface area contributed by atoms with Crippen LogP contribution in [-0.4, -0.2) is 37.7 Å². The monoisotopic (exact) mass is 356 g/mol. The Morgan fingerprint density at radius 3 is 2.77 bits per heavy atom. The second kappa shape index (κ2) is 6.82. The van der Waals surface area contributed by atoms with Crippen LogP contribution in [0.4, 0.5) is 4.39 Å². The highest BCUT2D eigenvalue weighted by atomic mass is 19.1. The Balaban J connectivity index is 1.56. The first-order chi connectivity index (χ1) is 12.5. The number of hydrogen-bond donors (Lipinski definition) is 0. The van der Waals surface area contributed by atoms with Crippen LogP contribution in [-0.2, 0) is 30.6 Å². The molecule has 2 aliphatic rings. The van der Waals surface area contributed by atoms with Gasteiger partial charge < -0.3 is 9.47 Å². The van der Waals surface area contributed by atoms with Crippen molar-refractivity contribution < 1.29 is 9.18 Å². The number of nitrogens with zero attached hydrogens (tertiary/aromatic N) is 4. The molecule has 0 N–H and O–H groups in total. The summed E-state index contributed by atoms with van der Waals surface area (Å²) in [6.45, 7) is 5.10. The molecule has 1 fully saturated rings. The van der Waals surface area contributed by atoms with E-state index >= 15 is 0 Å². The first-order valence-electron chi connectivity index (χ1n) is 9.48. The molecule has 1 aromatic heterocycles. The fraction of sp³-hybridized carbons (Fsp3) is 0.550. The fourth-order valence-electron chi connectivity index (χ4n) is 4.32. The molecule has 0 aliphatic carbocycles. The first kappa shape index (κ1) is 17.2. The largest absolute Gasteiger partial charge is 0.334 e. The third kappa shape index (κ3) is 3.13. The van der Waals surface area contributed by atoms with Crippen LogP contribution in [0.25, 0.3) is 0 Å². The van der Waals surface area contributed by atoms with E-state index in [9.17, 15) is 9.18 Å². The van der Waals surface area contributed by atoms with E-state index in [0.29, 0.717) is 11.5 Å². The van der Waals surface area contributed by atoms with Gasteiger partial charge in [-0.3, -0.25) is 4.79 Å². The topological polar surface area (TPSA) is 51.0 Å². The fourth-order valence-corrected chi connectivity index (χ4v) is 4.32. The molecule has 0 spiro atoms. The maximum absolute atomic E-state index is 14.0. The Bertz CT molecular complexity index is 816. The predicted octanol–water partition coefficient (Wildman–Crippen LogP) is 2.77. The molecule has 1 saturated heterocycles. The number of halogens is 1. The molecule has 2 aliphatic heterocycles. The van der Waals surface area contributed by atoms with Crippen LogP contribution in [0.2, 0.25) is 0 Å². The van der Waals surface area contributed by atoms with Gasteiger partial charge in [-0.1, -0.05) is 32.0 Å². The quantitative estimate of drug-likeness (QED) is 0.846. The molecule has 2 unspecified atom stereocenters. The van der Waals surface area contributed by atoms with Gasteiger partial charge in [0.2, 0.25) is 5.91 Å². The third-order valence-corrected chi connectivity index (χ3v) is 5.51. The van der Waals surface area contributed by atoms with E-state index in [0.717, 1.165) is 43.9 Å². The molecular formula is C20H25FN4O. The van der Waals surface area contributed by atoms with E-state index in [4.69, 9.17) is 0 Å². The maximum Gasteiger partial charge on any atom is 0.227 e. The van der Waals surface area contributed by atoms with Crippen molar-refractivity contribution in [3.63, 3.8) is 0 Å². The Kier molecular flexibility index (Phi) is 4.51. The Labute approximate surface area is 153 Å². The average molecular weight is 356 g/mol. The minimum absolute atomic E-state index is 0.0201. The van der Waals surface area contributed by atoms with E-state index < -0.39 is 0 Å². The SMILES string of the molecule is CC(C)Cc1nnc2n1CC1CCC(C2)N1C(=O)Cc1ccccc1F. The Morgan fingerprint density at radius 2 is 2.00 bits per heavy atom. The zero-order valence-corrected chi connectivity index (χ0v) is 15.4. The number of carbonyl (C=O) groups excluding carboxylic acids is 1. The molecule has 26 heavy (non-hydrogen) atoms. The molecule has 5 nitrogen and oxygen atoms in total. The van der Waals surface area contributed by atoms with E-state index in [1.165, 1.54) is 6.07 Å². The van der Waals surface area contributed by atoms with Gasteiger partial charge in [-0.2, -0.15) is 0 Å². The summed E-state index contributed by atoms with van der Waals surface area (Å²) in [5, 5.41) is 8.78. The summed E-state index contributed by atoms with van der Waals surface area (Å²) < 4.78 is 16.2. The van der Waals surface area contributed by atoms with Crippen molar-refractivity contribution in [2.24, 2.45) is 5.92 Å². The molecule has 138 valence electrons. The van der Waals surface area contributed by atoms with Crippen molar-refractivity contribution >= 4 is 5.91 Å². The summed E-state index contributed by atoms with van der Waals surface area (Å²) in [5.74, 6) is 2.23. The summed E-state index contributed by atoms with van der Waals surface area (Å²) in [4.78, 5) is 15.0. The molecule has 3 heterocycles.